The first-order valence-corrected chi connectivity index (χ1v) is 10.8. The van der Waals surface area contributed by atoms with E-state index in [1.165, 1.54) is 41.0 Å². The van der Waals surface area contributed by atoms with Gasteiger partial charge in [-0.05, 0) is 52.0 Å². The van der Waals surface area contributed by atoms with Crippen LogP contribution in [0.4, 0.5) is 0 Å². The molecule has 30 heavy (non-hydrogen) atoms. The van der Waals surface area contributed by atoms with Crippen LogP contribution in [0.25, 0.3) is 44.0 Å². The number of nitrogens with zero attached hydrogens (tertiary/aromatic N) is 1. The number of pyridine rings is 1. The minimum Gasteiger partial charge on any atom is -0.456 e. The van der Waals surface area contributed by atoms with Crippen molar-refractivity contribution in [3.63, 3.8) is 0 Å². The second-order valence-electron chi connectivity index (χ2n) is 8.62. The maximum atomic E-state index is 6.78. The van der Waals surface area contributed by atoms with Gasteiger partial charge in [0.15, 0.2) is 0 Å². The fourth-order valence-corrected chi connectivity index (χ4v) is 5.07. The lowest BCUT2D eigenvalue weighted by Crippen LogP contribution is -2.29. The topological polar surface area (TPSA) is 26.0 Å². The zero-order chi connectivity index (χ0) is 20.1. The molecule has 0 bridgehead atoms. The Labute approximate surface area is 177 Å². The molecule has 2 nitrogen and oxygen atoms in total. The molecule has 0 saturated heterocycles. The van der Waals surface area contributed by atoms with Crippen LogP contribution in [0.3, 0.4) is 0 Å². The van der Waals surface area contributed by atoms with Gasteiger partial charge >= 0.3 is 0 Å². The van der Waals surface area contributed by atoms with Crippen LogP contribution >= 0.6 is 0 Å². The molecule has 0 aliphatic heterocycles. The van der Waals surface area contributed by atoms with Crippen LogP contribution in [-0.2, 0) is 5.31 Å². The monoisotopic (exact) mass is 387 g/mol. The Morgan fingerprint density at radius 3 is 2.57 bits per heavy atom. The molecule has 2 radical (unpaired) electrons. The van der Waals surface area contributed by atoms with E-state index in [4.69, 9.17) is 12.3 Å². The number of rotatable bonds is 2. The Morgan fingerprint density at radius 2 is 1.67 bits per heavy atom. The predicted molar refractivity (Wildman–Crippen MR) is 125 cm³/mol. The molecule has 2 heterocycles. The largest absolute Gasteiger partial charge is 0.456 e. The van der Waals surface area contributed by atoms with Gasteiger partial charge in [-0.2, -0.15) is 0 Å². The summed E-state index contributed by atoms with van der Waals surface area (Å²) in [5, 5.41) is 4.55. The van der Waals surface area contributed by atoms with Gasteiger partial charge in [-0.3, -0.25) is 4.98 Å². The van der Waals surface area contributed by atoms with Gasteiger partial charge in [0.2, 0.25) is 0 Å². The van der Waals surface area contributed by atoms with Crippen molar-refractivity contribution in [2.45, 2.75) is 37.4 Å². The van der Waals surface area contributed by atoms with E-state index in [1.54, 1.807) is 0 Å². The highest BCUT2D eigenvalue weighted by molar-refractivity contribution is 6.19. The molecule has 1 aliphatic rings. The quantitative estimate of drug-likeness (QED) is 0.301. The molecule has 3 heteroatoms. The lowest BCUT2D eigenvalue weighted by Gasteiger charge is -2.34. The fourth-order valence-electron chi connectivity index (χ4n) is 5.07. The first kappa shape index (κ1) is 17.8. The molecule has 0 unspecified atom stereocenters. The van der Waals surface area contributed by atoms with E-state index in [0.29, 0.717) is 0 Å². The summed E-state index contributed by atoms with van der Waals surface area (Å²) in [6.45, 7) is 0. The van der Waals surface area contributed by atoms with Gasteiger partial charge in [-0.15, -0.1) is 0 Å². The Hall–Kier alpha value is -3.07. The molecule has 1 saturated carbocycles. The summed E-state index contributed by atoms with van der Waals surface area (Å²) < 4.78 is 6.24. The zero-order valence-corrected chi connectivity index (χ0v) is 16.9. The summed E-state index contributed by atoms with van der Waals surface area (Å²) in [5.41, 5.74) is 5.03. The van der Waals surface area contributed by atoms with Crippen molar-refractivity contribution in [3.05, 3.63) is 78.5 Å². The van der Waals surface area contributed by atoms with Gasteiger partial charge in [0.1, 0.15) is 11.2 Å². The number of hydrogen-bond donors (Lipinski definition) is 0. The van der Waals surface area contributed by atoms with Gasteiger partial charge in [0.05, 0.1) is 13.5 Å². The second-order valence-corrected chi connectivity index (χ2v) is 8.62. The summed E-state index contributed by atoms with van der Waals surface area (Å²) in [4.78, 5) is 4.65. The Bertz CT molecular complexity index is 1390. The lowest BCUT2D eigenvalue weighted by atomic mass is 9.57. The normalized spacial score (nSPS) is 16.4. The Morgan fingerprint density at radius 1 is 0.800 bits per heavy atom. The van der Waals surface area contributed by atoms with Gasteiger partial charge in [-0.1, -0.05) is 68.5 Å². The number of aromatic nitrogens is 1. The summed E-state index contributed by atoms with van der Waals surface area (Å²) in [5.74, 6) is 0. The third kappa shape index (κ3) is 2.76. The maximum absolute atomic E-state index is 6.78. The standard InChI is InChI=1S/C27H22BNO/c28-27(13-4-1-5-14-27)20-12-15-29-23(17-20)19-8-10-22-25(16-19)30-24-11-9-18-6-2-3-7-21(18)26(22)24/h2-3,6-12,15-17H,1,4-5,13-14H2. The summed E-state index contributed by atoms with van der Waals surface area (Å²) in [6.07, 6.45) is 7.68. The van der Waals surface area contributed by atoms with E-state index in [-0.39, 0.29) is 5.31 Å². The van der Waals surface area contributed by atoms with Crippen LogP contribution in [0.5, 0.6) is 0 Å². The molecule has 0 N–H and O–H groups in total. The minimum absolute atomic E-state index is 0.224. The van der Waals surface area contributed by atoms with E-state index in [1.807, 2.05) is 6.20 Å². The zero-order valence-electron chi connectivity index (χ0n) is 16.9. The van der Waals surface area contributed by atoms with Crippen molar-refractivity contribution in [2.75, 3.05) is 0 Å². The highest BCUT2D eigenvalue weighted by atomic mass is 16.3. The molecule has 3 aromatic carbocycles. The molecular formula is C27H22BNO. The van der Waals surface area contributed by atoms with Gasteiger partial charge in [-0.25, -0.2) is 0 Å². The van der Waals surface area contributed by atoms with Crippen LogP contribution in [0, 0.1) is 0 Å². The first-order valence-electron chi connectivity index (χ1n) is 10.8. The van der Waals surface area contributed by atoms with Crippen molar-refractivity contribution in [2.24, 2.45) is 0 Å². The average Bonchev–Trinajstić information content (AvgIpc) is 3.18. The maximum Gasteiger partial charge on any atom is 0.136 e. The molecular weight excluding hydrogens is 365 g/mol. The van der Waals surface area contributed by atoms with Crippen LogP contribution in [0.1, 0.15) is 37.7 Å². The number of benzene rings is 3. The number of hydrogen-bond acceptors (Lipinski definition) is 2. The van der Waals surface area contributed by atoms with E-state index in [9.17, 15) is 0 Å². The van der Waals surface area contributed by atoms with Crippen molar-refractivity contribution in [1.29, 1.82) is 0 Å². The Kier molecular flexibility index (Phi) is 3.99. The van der Waals surface area contributed by atoms with Crippen LogP contribution in [0.15, 0.2) is 77.3 Å². The summed E-state index contributed by atoms with van der Waals surface area (Å²) in [7, 11) is 6.78. The van der Waals surface area contributed by atoms with E-state index in [0.717, 1.165) is 40.7 Å². The molecule has 144 valence electrons. The van der Waals surface area contributed by atoms with Crippen LogP contribution in [-0.4, -0.2) is 12.8 Å². The third-order valence-corrected chi connectivity index (χ3v) is 6.74. The smallest absolute Gasteiger partial charge is 0.136 e. The molecule has 0 atom stereocenters. The van der Waals surface area contributed by atoms with Gasteiger partial charge in [0, 0.05) is 22.5 Å². The molecule has 0 amide bonds. The van der Waals surface area contributed by atoms with Gasteiger partial charge < -0.3 is 4.42 Å². The predicted octanol–water partition coefficient (Wildman–Crippen LogP) is 7.13. The Balaban J connectivity index is 1.48. The van der Waals surface area contributed by atoms with E-state index >= 15 is 0 Å². The molecule has 5 aromatic rings. The molecule has 0 spiro atoms. The van der Waals surface area contributed by atoms with Crippen LogP contribution < -0.4 is 0 Å². The molecule has 1 fully saturated rings. The highest BCUT2D eigenvalue weighted by Gasteiger charge is 2.28. The highest BCUT2D eigenvalue weighted by Crippen LogP contribution is 2.39. The van der Waals surface area contributed by atoms with Crippen molar-refractivity contribution in [3.8, 4) is 11.3 Å². The summed E-state index contributed by atoms with van der Waals surface area (Å²) in [6, 6.07) is 23.3. The molecule has 6 rings (SSSR count). The van der Waals surface area contributed by atoms with E-state index in [2.05, 4.69) is 71.7 Å². The first-order chi connectivity index (χ1) is 14.7. The third-order valence-electron chi connectivity index (χ3n) is 6.74. The van der Waals surface area contributed by atoms with Gasteiger partial charge in [0.25, 0.3) is 0 Å². The van der Waals surface area contributed by atoms with Crippen molar-refractivity contribution in [1.82, 2.24) is 4.98 Å². The molecule has 1 aliphatic carbocycles. The lowest BCUT2D eigenvalue weighted by molar-refractivity contribution is 0.398. The average molecular weight is 387 g/mol. The minimum atomic E-state index is -0.224. The number of fused-ring (bicyclic) bond motifs is 5. The van der Waals surface area contributed by atoms with Crippen molar-refractivity contribution < 1.29 is 4.42 Å². The van der Waals surface area contributed by atoms with E-state index < -0.39 is 0 Å². The fraction of sp³-hybridized carbons (Fsp3) is 0.222. The molecule has 2 aromatic heterocycles. The number of furan rings is 1. The van der Waals surface area contributed by atoms with Crippen molar-refractivity contribution >= 4 is 40.6 Å². The second kappa shape index (κ2) is 6.73. The summed E-state index contributed by atoms with van der Waals surface area (Å²) >= 11 is 0. The SMILES string of the molecule is [B]C1(c2ccnc(-c3ccc4c(c3)oc3ccc5ccccc5c34)c2)CCCCC1. The van der Waals surface area contributed by atoms with Crippen LogP contribution in [0.2, 0.25) is 0 Å².